The van der Waals surface area contributed by atoms with Gasteiger partial charge in [-0.25, -0.2) is 4.79 Å². The number of aliphatic hydroxyl groups is 3. The van der Waals surface area contributed by atoms with Gasteiger partial charge in [-0.1, -0.05) is 0 Å². The Balaban J connectivity index is 2.30. The predicted octanol–water partition coefficient (Wildman–Crippen LogP) is -1.38. The second-order valence-electron chi connectivity index (χ2n) is 3.83. The molecule has 4 N–H and O–H groups in total. The number of rotatable bonds is 3. The van der Waals surface area contributed by atoms with Gasteiger partial charge in [0, 0.05) is 6.20 Å². The van der Waals surface area contributed by atoms with Gasteiger partial charge in [-0.2, -0.15) is 4.98 Å². The summed E-state index contributed by atoms with van der Waals surface area (Å²) in [4.78, 5) is 15.4. The third-order valence-electron chi connectivity index (χ3n) is 2.72. The van der Waals surface area contributed by atoms with Crippen molar-refractivity contribution in [3.05, 3.63) is 22.7 Å². The van der Waals surface area contributed by atoms with E-state index in [9.17, 15) is 15.0 Å². The smallest absolute Gasteiger partial charge is 0.351 e. The number of aromatic nitrogens is 2. The Morgan fingerprint density at radius 1 is 1.50 bits per heavy atom. The SMILES string of the molecule is O=c1nc(NI)ccn1C1O[C@H](CO)[C@@H](O)[C@H]1O. The summed E-state index contributed by atoms with van der Waals surface area (Å²) in [6.45, 7) is -0.440. The highest BCUT2D eigenvalue weighted by Gasteiger charge is 2.43. The van der Waals surface area contributed by atoms with Crippen molar-refractivity contribution in [3.8, 4) is 0 Å². The first-order chi connectivity index (χ1) is 8.58. The van der Waals surface area contributed by atoms with E-state index in [4.69, 9.17) is 9.84 Å². The molecule has 1 fully saturated rings. The van der Waals surface area contributed by atoms with Gasteiger partial charge >= 0.3 is 5.69 Å². The van der Waals surface area contributed by atoms with Crippen LogP contribution in [-0.2, 0) is 4.74 Å². The lowest BCUT2D eigenvalue weighted by Gasteiger charge is -2.16. The second-order valence-corrected chi connectivity index (χ2v) is 4.37. The highest BCUT2D eigenvalue weighted by Crippen LogP contribution is 2.28. The minimum Gasteiger partial charge on any atom is -0.394 e. The number of nitrogens with one attached hydrogen (secondary N) is 1. The molecule has 1 saturated heterocycles. The zero-order valence-corrected chi connectivity index (χ0v) is 11.3. The number of halogens is 1. The maximum absolute atomic E-state index is 11.7. The van der Waals surface area contributed by atoms with Crippen molar-refractivity contribution in [2.75, 3.05) is 10.1 Å². The molecular formula is C9H12IN3O5. The van der Waals surface area contributed by atoms with Crippen LogP contribution in [0.4, 0.5) is 5.82 Å². The first-order valence-corrected chi connectivity index (χ1v) is 6.24. The normalized spacial score (nSPS) is 31.6. The van der Waals surface area contributed by atoms with Gasteiger partial charge in [0.2, 0.25) is 0 Å². The molecule has 1 aromatic rings. The molecule has 0 radical (unpaired) electrons. The van der Waals surface area contributed by atoms with E-state index < -0.39 is 36.8 Å². The van der Waals surface area contributed by atoms with Gasteiger partial charge in [0.1, 0.15) is 24.1 Å². The summed E-state index contributed by atoms with van der Waals surface area (Å²) in [5, 5.41) is 28.3. The van der Waals surface area contributed by atoms with Crippen LogP contribution >= 0.6 is 22.9 Å². The van der Waals surface area contributed by atoms with Crippen molar-refractivity contribution in [1.29, 1.82) is 0 Å². The Morgan fingerprint density at radius 2 is 2.22 bits per heavy atom. The van der Waals surface area contributed by atoms with Crippen molar-refractivity contribution < 1.29 is 20.1 Å². The van der Waals surface area contributed by atoms with Crippen LogP contribution in [0.3, 0.4) is 0 Å². The van der Waals surface area contributed by atoms with Gasteiger partial charge in [0.15, 0.2) is 6.23 Å². The minimum atomic E-state index is -1.29. The average molecular weight is 369 g/mol. The van der Waals surface area contributed by atoms with Crippen LogP contribution in [0.1, 0.15) is 6.23 Å². The Labute approximate surface area is 116 Å². The van der Waals surface area contributed by atoms with Crippen molar-refractivity contribution in [1.82, 2.24) is 9.55 Å². The molecule has 1 aliphatic rings. The largest absolute Gasteiger partial charge is 0.394 e. The summed E-state index contributed by atoms with van der Waals surface area (Å²) in [5.41, 5.74) is -0.619. The van der Waals surface area contributed by atoms with Crippen molar-refractivity contribution in [3.63, 3.8) is 0 Å². The van der Waals surface area contributed by atoms with Gasteiger partial charge in [-0.05, 0) is 6.07 Å². The molecule has 2 rings (SSSR count). The van der Waals surface area contributed by atoms with Gasteiger partial charge in [-0.15, -0.1) is 0 Å². The Bertz CT molecular complexity index is 482. The Kier molecular flexibility index (Phi) is 4.17. The first-order valence-electron chi connectivity index (χ1n) is 5.16. The third kappa shape index (κ3) is 2.36. The van der Waals surface area contributed by atoms with Gasteiger partial charge in [0.25, 0.3) is 0 Å². The number of ether oxygens (including phenoxy) is 1. The van der Waals surface area contributed by atoms with E-state index >= 15 is 0 Å². The molecule has 8 nitrogen and oxygen atoms in total. The molecule has 1 unspecified atom stereocenters. The first kappa shape index (κ1) is 13.7. The summed E-state index contributed by atoms with van der Waals surface area (Å²) in [5.74, 6) is 0.378. The topological polar surface area (TPSA) is 117 Å². The van der Waals surface area contributed by atoms with Gasteiger partial charge in [-0.3, -0.25) is 4.57 Å². The van der Waals surface area contributed by atoms with Crippen LogP contribution < -0.4 is 9.22 Å². The molecule has 2 heterocycles. The molecule has 0 spiro atoms. The zero-order valence-electron chi connectivity index (χ0n) is 9.10. The quantitative estimate of drug-likeness (QED) is 0.383. The lowest BCUT2D eigenvalue weighted by molar-refractivity contribution is -0.0549. The van der Waals surface area contributed by atoms with Crippen LogP contribution in [0, 0.1) is 0 Å². The molecule has 18 heavy (non-hydrogen) atoms. The standard InChI is InChI=1S/C9H12IN3O5/c10-12-5-1-2-13(9(17)11-5)8-7(16)6(15)4(3-14)18-8/h1-2,4,6-8,14-16H,3H2,(H,11,12,17)/t4-,6-,7-,8?/m1/s1. The molecule has 0 amide bonds. The number of aliphatic hydroxyl groups excluding tert-OH is 3. The highest BCUT2D eigenvalue weighted by molar-refractivity contribution is 14.1. The molecule has 0 saturated carbocycles. The molecular weight excluding hydrogens is 357 g/mol. The van der Waals surface area contributed by atoms with Crippen molar-refractivity contribution in [2.24, 2.45) is 0 Å². The summed E-state index contributed by atoms with van der Waals surface area (Å²) < 4.78 is 8.98. The fourth-order valence-corrected chi connectivity index (χ4v) is 2.07. The van der Waals surface area contributed by atoms with Crippen LogP contribution in [0.5, 0.6) is 0 Å². The van der Waals surface area contributed by atoms with E-state index in [1.807, 2.05) is 22.9 Å². The molecule has 0 aliphatic carbocycles. The summed E-state index contributed by atoms with van der Waals surface area (Å²) in [7, 11) is 0. The molecule has 0 aromatic carbocycles. The maximum Gasteiger partial charge on any atom is 0.351 e. The fourth-order valence-electron chi connectivity index (χ4n) is 1.77. The van der Waals surface area contributed by atoms with E-state index in [2.05, 4.69) is 8.51 Å². The van der Waals surface area contributed by atoms with Crippen LogP contribution in [0.25, 0.3) is 0 Å². The van der Waals surface area contributed by atoms with E-state index in [0.29, 0.717) is 5.82 Å². The Morgan fingerprint density at radius 3 is 2.72 bits per heavy atom. The molecule has 0 bridgehead atoms. The molecule has 1 aliphatic heterocycles. The predicted molar refractivity (Wildman–Crippen MR) is 69.1 cm³/mol. The minimum absolute atomic E-state index is 0.378. The number of anilines is 1. The van der Waals surface area contributed by atoms with Crippen LogP contribution in [-0.4, -0.2) is 49.8 Å². The van der Waals surface area contributed by atoms with E-state index in [-0.39, 0.29) is 0 Å². The molecule has 1 aromatic heterocycles. The number of nitrogens with zero attached hydrogens (tertiary/aromatic N) is 2. The fraction of sp³-hybridized carbons (Fsp3) is 0.556. The van der Waals surface area contributed by atoms with Crippen LogP contribution in [0.15, 0.2) is 17.1 Å². The molecule has 9 heteroatoms. The van der Waals surface area contributed by atoms with Crippen molar-refractivity contribution >= 4 is 28.7 Å². The summed E-state index contributed by atoms with van der Waals surface area (Å²) in [6.07, 6.45) is -3.11. The van der Waals surface area contributed by atoms with Gasteiger partial charge in [0.05, 0.1) is 29.5 Å². The molecule has 100 valence electrons. The van der Waals surface area contributed by atoms with Crippen molar-refractivity contribution in [2.45, 2.75) is 24.5 Å². The molecule has 4 atom stereocenters. The van der Waals surface area contributed by atoms with Gasteiger partial charge < -0.3 is 23.6 Å². The zero-order chi connectivity index (χ0) is 13.3. The summed E-state index contributed by atoms with van der Waals surface area (Å²) >= 11 is 1.83. The lowest BCUT2D eigenvalue weighted by Crippen LogP contribution is -2.35. The highest BCUT2D eigenvalue weighted by atomic mass is 127. The number of hydrogen-bond donors (Lipinski definition) is 4. The van der Waals surface area contributed by atoms with Crippen LogP contribution in [0.2, 0.25) is 0 Å². The monoisotopic (exact) mass is 369 g/mol. The second kappa shape index (κ2) is 5.48. The van der Waals surface area contributed by atoms with E-state index in [1.165, 1.54) is 12.3 Å². The Hall–Kier alpha value is -0.750. The summed E-state index contributed by atoms with van der Waals surface area (Å²) in [6, 6.07) is 1.53. The average Bonchev–Trinajstić information content (AvgIpc) is 2.66. The number of hydrogen-bond acceptors (Lipinski definition) is 7. The van der Waals surface area contributed by atoms with E-state index in [0.717, 1.165) is 4.57 Å². The van der Waals surface area contributed by atoms with E-state index in [1.54, 1.807) is 0 Å². The third-order valence-corrected chi connectivity index (χ3v) is 3.27. The lowest BCUT2D eigenvalue weighted by atomic mass is 10.1. The maximum atomic E-state index is 11.7.